The van der Waals surface area contributed by atoms with Crippen LogP contribution in [0.3, 0.4) is 0 Å². The Labute approximate surface area is 409 Å². The molecule has 4 N–H and O–H groups in total. The lowest BCUT2D eigenvalue weighted by Crippen LogP contribution is -2.57. The van der Waals surface area contributed by atoms with Crippen molar-refractivity contribution in [3.63, 3.8) is 0 Å². The molecule has 2 saturated carbocycles. The van der Waals surface area contributed by atoms with Gasteiger partial charge in [-0.3, -0.25) is 19.1 Å². The molecule has 0 spiro atoms. The van der Waals surface area contributed by atoms with E-state index < -0.39 is 56.0 Å². The Kier molecular flexibility index (Phi) is 18.9. The number of benzene rings is 2. The van der Waals surface area contributed by atoms with Gasteiger partial charge < -0.3 is 34.9 Å². The number of sulfonamides is 1. The Balaban J connectivity index is 0.00000152. The van der Waals surface area contributed by atoms with Gasteiger partial charge in [-0.2, -0.15) is 0 Å². The molecule has 16 heteroatoms. The van der Waals surface area contributed by atoms with Crippen molar-refractivity contribution in [3.05, 3.63) is 60.7 Å². The van der Waals surface area contributed by atoms with Crippen molar-refractivity contribution < 1.29 is 50.8 Å². The zero-order valence-electron chi connectivity index (χ0n) is 42.6. The highest BCUT2D eigenvalue weighted by Crippen LogP contribution is 2.48. The van der Waals surface area contributed by atoms with E-state index >= 15 is 0 Å². The first-order valence-corrected chi connectivity index (χ1v) is 25.8. The topological polar surface area (TPSA) is 206 Å². The molecule has 15 nitrogen and oxygen atoms in total. The Morgan fingerprint density at radius 1 is 0.971 bits per heavy atom. The van der Waals surface area contributed by atoms with Crippen LogP contribution < -0.4 is 30.0 Å². The number of primary amides is 1. The molecule has 3 heterocycles. The zero-order valence-corrected chi connectivity index (χ0v) is 43.4. The van der Waals surface area contributed by atoms with E-state index in [0.29, 0.717) is 41.5 Å². The molecule has 2 aliphatic carbocycles. The smallest absolute Gasteiger partial charge is 0.405 e. The summed E-state index contributed by atoms with van der Waals surface area (Å²) in [6.45, 7) is 23.2. The molecule has 7 rings (SSSR count). The van der Waals surface area contributed by atoms with Gasteiger partial charge in [-0.25, -0.2) is 18.2 Å². The summed E-state index contributed by atoms with van der Waals surface area (Å²) in [4.78, 5) is 58.9. The number of nitrogens with zero attached hydrogens (tertiary/aromatic N) is 2. The normalized spacial score (nSPS) is 24.7. The van der Waals surface area contributed by atoms with Gasteiger partial charge in [-0.05, 0) is 128 Å². The van der Waals surface area contributed by atoms with Crippen LogP contribution in [0.5, 0.6) is 17.2 Å². The lowest BCUT2D eigenvalue weighted by atomic mass is 9.91. The molecule has 1 aromatic heterocycles. The Morgan fingerprint density at radius 2 is 1.62 bits per heavy atom. The fourth-order valence-electron chi connectivity index (χ4n) is 8.42. The molecule has 4 aliphatic rings. The molecule has 4 amide bonds. The highest BCUT2D eigenvalue weighted by atomic mass is 32.2. The van der Waals surface area contributed by atoms with Crippen LogP contribution in [0.2, 0.25) is 0 Å². The highest BCUT2D eigenvalue weighted by Gasteiger charge is 2.63. The predicted molar refractivity (Wildman–Crippen MR) is 273 cm³/mol. The van der Waals surface area contributed by atoms with Crippen molar-refractivity contribution >= 4 is 44.7 Å². The first kappa shape index (κ1) is 55.2. The maximum Gasteiger partial charge on any atom is 0.405 e. The Morgan fingerprint density at radius 3 is 2.19 bits per heavy atom. The molecule has 2 aromatic carbocycles. The van der Waals surface area contributed by atoms with Crippen molar-refractivity contribution in [2.75, 3.05) is 13.7 Å². The highest BCUT2D eigenvalue weighted by molar-refractivity contribution is 7.91. The van der Waals surface area contributed by atoms with Crippen molar-refractivity contribution in [2.45, 2.75) is 169 Å². The third-order valence-corrected chi connectivity index (χ3v) is 14.4. The van der Waals surface area contributed by atoms with Crippen LogP contribution >= 0.6 is 0 Å². The summed E-state index contributed by atoms with van der Waals surface area (Å²) in [5, 5.41) is 3.71. The number of ether oxygens (including phenoxy) is 4. The van der Waals surface area contributed by atoms with E-state index in [9.17, 15) is 27.6 Å². The number of pyridine rings is 1. The SMILES string of the molecule is CC.CC.CC(C)(C)OC(N)=O.COc1ccc2c(OC3C[C@H]4C(=O)N[C@]5(C(=O)NS(=O)(=O)C6(C)CC6)C[C@H]5/C=C\CC[C@@H](C)C[C@@H](C)CC(=O)N4C3)cc(-c3ccc(OC(C)C)cc3)nc2c1.[HH].[HH].[HH]. The Hall–Kier alpha value is -5.38. The molecule has 1 unspecified atom stereocenters. The molecular weight excluding hydrogens is 887 g/mol. The van der Waals surface area contributed by atoms with Crippen LogP contribution in [0.15, 0.2) is 60.7 Å². The van der Waals surface area contributed by atoms with Crippen LogP contribution in [0.25, 0.3) is 22.2 Å². The predicted octanol–water partition coefficient (Wildman–Crippen LogP) is 9.99. The fraction of sp³-hybridized carbons (Fsp3) is 0.596. The largest absolute Gasteiger partial charge is 0.497 e. The fourth-order valence-corrected chi connectivity index (χ4v) is 9.74. The molecule has 3 fully saturated rings. The van der Waals surface area contributed by atoms with Crippen molar-refractivity contribution in [2.24, 2.45) is 23.5 Å². The van der Waals surface area contributed by atoms with Gasteiger partial charge >= 0.3 is 6.09 Å². The van der Waals surface area contributed by atoms with Crippen LogP contribution in [0, 0.1) is 17.8 Å². The van der Waals surface area contributed by atoms with E-state index in [4.69, 9.17) is 24.9 Å². The van der Waals surface area contributed by atoms with E-state index in [1.807, 2.05) is 102 Å². The number of allylic oxidation sites excluding steroid dienone is 1. The second kappa shape index (κ2) is 23.3. The summed E-state index contributed by atoms with van der Waals surface area (Å²) in [6.07, 6.45) is 6.88. The molecule has 0 bridgehead atoms. The second-order valence-electron chi connectivity index (χ2n) is 19.5. The van der Waals surface area contributed by atoms with E-state index in [1.54, 1.807) is 39.7 Å². The van der Waals surface area contributed by atoms with Gasteiger partial charge in [0, 0.05) is 46.1 Å². The minimum Gasteiger partial charge on any atom is -0.497 e. The van der Waals surface area contributed by atoms with Gasteiger partial charge in [0.2, 0.25) is 21.8 Å². The summed E-state index contributed by atoms with van der Waals surface area (Å²) < 4.78 is 50.3. The number of hydrogen-bond acceptors (Lipinski definition) is 11. The number of hydrogen-bond donors (Lipinski definition) is 3. The molecule has 6 atom stereocenters. The maximum absolute atomic E-state index is 14.4. The van der Waals surface area contributed by atoms with Crippen LogP contribution in [0.4, 0.5) is 4.79 Å². The van der Waals surface area contributed by atoms with Crippen LogP contribution in [0.1, 0.15) is 139 Å². The molecule has 0 radical (unpaired) electrons. The van der Waals surface area contributed by atoms with Gasteiger partial charge in [-0.15, -0.1) is 0 Å². The molecule has 3 aromatic rings. The van der Waals surface area contributed by atoms with E-state index in [1.165, 1.54) is 0 Å². The summed E-state index contributed by atoms with van der Waals surface area (Å²) in [6, 6.07) is 14.2. The summed E-state index contributed by atoms with van der Waals surface area (Å²) >= 11 is 0. The summed E-state index contributed by atoms with van der Waals surface area (Å²) in [5.41, 5.74) is 4.99. The molecule has 1 saturated heterocycles. The second-order valence-corrected chi connectivity index (χ2v) is 21.7. The number of aromatic nitrogens is 1. The minimum absolute atomic E-state index is 0. The number of amides is 4. The third-order valence-electron chi connectivity index (χ3n) is 12.2. The van der Waals surface area contributed by atoms with Crippen molar-refractivity contribution in [1.82, 2.24) is 19.9 Å². The van der Waals surface area contributed by atoms with Gasteiger partial charge in [-0.1, -0.05) is 53.7 Å². The average molecular weight is 970 g/mol. The number of nitrogens with one attached hydrogen (secondary N) is 2. The van der Waals surface area contributed by atoms with Crippen molar-refractivity contribution in [3.8, 4) is 28.5 Å². The summed E-state index contributed by atoms with van der Waals surface area (Å²) in [5.74, 6) is 0.596. The average Bonchev–Trinajstić information content (AvgIpc) is 4.15. The maximum atomic E-state index is 14.4. The standard InChI is InChI=1S/C43H54N4O8S.C5H11NO2.2C2H6.3H2/c1-26(2)54-31-13-11-29(12-14-31)35-23-38(34-16-15-32(53-6)21-36(34)44-35)55-33-22-37-40(49)45-43(41(50)46-56(51,52)42(5)17-18-42)24-30(43)10-8-7-9-27(3)19-28(4)20-39(48)47(37)25-33;1-5(2,3)8-4(6)7;2*1-2;;;/h8,10-16,21,23,26-28,30,33,37H,7,9,17-20,22,24-25H2,1-6H3,(H,45,49)(H,46,50);1-3H3,(H2,6,7);2*1-2H3;3*1H/b10-8-;;;;;;/t27-,28-,30-,33?,37+,43-;;;;;;/m1....../s1. The quantitative estimate of drug-likeness (QED) is 0.172. The van der Waals surface area contributed by atoms with Crippen molar-refractivity contribution in [1.29, 1.82) is 0 Å². The van der Waals surface area contributed by atoms with Crippen LogP contribution in [-0.2, 0) is 29.1 Å². The zero-order chi connectivity index (χ0) is 50.8. The number of carbonyl (C=O) groups is 4. The number of carbonyl (C=O) groups excluding carboxylic acids is 4. The molecule has 2 aliphatic heterocycles. The van der Waals surface area contributed by atoms with E-state index in [-0.39, 0.29) is 53.9 Å². The van der Waals surface area contributed by atoms with Crippen LogP contribution in [-0.4, -0.2) is 89.9 Å². The molecule has 382 valence electrons. The Bertz CT molecular complexity index is 2380. The third kappa shape index (κ3) is 14.3. The van der Waals surface area contributed by atoms with E-state index in [0.717, 1.165) is 36.0 Å². The first-order valence-electron chi connectivity index (χ1n) is 24.3. The molecule has 68 heavy (non-hydrogen) atoms. The molecular formula is C52H83N5O10S. The number of fused-ring (bicyclic) bond motifs is 3. The van der Waals surface area contributed by atoms with Gasteiger partial charge in [0.25, 0.3) is 5.91 Å². The summed E-state index contributed by atoms with van der Waals surface area (Å²) in [7, 11) is -2.35. The van der Waals surface area contributed by atoms with Gasteiger partial charge in [0.05, 0.1) is 35.7 Å². The van der Waals surface area contributed by atoms with Gasteiger partial charge in [0.1, 0.15) is 40.5 Å². The number of nitrogens with two attached hydrogens (primary N) is 1. The first-order chi connectivity index (χ1) is 32.0. The van der Waals surface area contributed by atoms with E-state index in [2.05, 4.69) is 28.6 Å². The monoisotopic (exact) mass is 970 g/mol. The number of rotatable bonds is 9. The minimum atomic E-state index is -3.95. The van der Waals surface area contributed by atoms with Gasteiger partial charge in [0.15, 0.2) is 0 Å². The lowest BCUT2D eigenvalue weighted by molar-refractivity contribution is -0.140. The lowest BCUT2D eigenvalue weighted by Gasteiger charge is -2.28. The number of methoxy groups -OCH3 is 1.